The van der Waals surface area contributed by atoms with Crippen LogP contribution in [0.2, 0.25) is 0 Å². The molecule has 0 aliphatic heterocycles. The normalized spacial score (nSPS) is 13.8. The molecule has 1 aliphatic carbocycles. The predicted molar refractivity (Wildman–Crippen MR) is 182 cm³/mol. The van der Waals surface area contributed by atoms with Gasteiger partial charge in [0.25, 0.3) is 0 Å². The van der Waals surface area contributed by atoms with E-state index in [1.807, 2.05) is 0 Å². The third-order valence-electron chi connectivity index (χ3n) is 9.19. The standard InChI is InChI=1S/C39H53P/c1-4-34-31-33(3)36(32-35(34)5-2)23-15-10-8-6-7-9-11-22-30-40(37-24-16-12-17-25-37,38-26-18-13-19-27-38)39-28-20-14-21-29-39/h12-13,16-20,24-29,31-32,40H,4-11,14-15,21-23,30H2,1-3H3. The van der Waals surface area contributed by atoms with Gasteiger partial charge < -0.3 is 0 Å². The molecule has 0 N–H and O–H groups in total. The molecule has 0 saturated carbocycles. The summed E-state index contributed by atoms with van der Waals surface area (Å²) < 4.78 is 0. The van der Waals surface area contributed by atoms with Gasteiger partial charge in [-0.25, -0.2) is 0 Å². The topological polar surface area (TPSA) is 0 Å². The number of rotatable bonds is 16. The van der Waals surface area contributed by atoms with Crippen LogP contribution < -0.4 is 10.6 Å². The van der Waals surface area contributed by atoms with Crippen molar-refractivity contribution in [3.05, 3.63) is 119 Å². The van der Waals surface area contributed by atoms with E-state index in [2.05, 4.69) is 112 Å². The Kier molecular flexibility index (Phi) is 12.3. The molecule has 214 valence electrons. The van der Waals surface area contributed by atoms with Crippen LogP contribution in [0.4, 0.5) is 0 Å². The molecule has 0 nitrogen and oxygen atoms in total. The van der Waals surface area contributed by atoms with Crippen LogP contribution in [0.3, 0.4) is 0 Å². The summed E-state index contributed by atoms with van der Waals surface area (Å²) in [6, 6.07) is 27.9. The molecule has 0 aromatic heterocycles. The van der Waals surface area contributed by atoms with Crippen molar-refractivity contribution in [2.45, 2.75) is 104 Å². The van der Waals surface area contributed by atoms with E-state index < -0.39 is 7.26 Å². The van der Waals surface area contributed by atoms with Crippen LogP contribution >= 0.6 is 7.26 Å². The van der Waals surface area contributed by atoms with Gasteiger partial charge in [0, 0.05) is 0 Å². The van der Waals surface area contributed by atoms with E-state index in [1.54, 1.807) is 32.6 Å². The van der Waals surface area contributed by atoms with Crippen molar-refractivity contribution in [3.63, 3.8) is 0 Å². The van der Waals surface area contributed by atoms with Gasteiger partial charge >= 0.3 is 196 Å². The van der Waals surface area contributed by atoms with Gasteiger partial charge in [-0.3, -0.25) is 0 Å². The van der Waals surface area contributed by atoms with E-state index in [9.17, 15) is 0 Å². The molecule has 0 spiro atoms. The van der Waals surface area contributed by atoms with Gasteiger partial charge in [-0.1, -0.05) is 19.9 Å². The summed E-state index contributed by atoms with van der Waals surface area (Å²) >= 11 is 0. The Labute approximate surface area is 246 Å². The first-order valence-electron chi connectivity index (χ1n) is 16.3. The number of allylic oxidation sites excluding steroid dienone is 4. The second-order valence-corrected chi connectivity index (χ2v) is 15.9. The third kappa shape index (κ3) is 7.85. The summed E-state index contributed by atoms with van der Waals surface area (Å²) in [6.07, 6.45) is 25.6. The van der Waals surface area contributed by atoms with Crippen LogP contribution in [0.5, 0.6) is 0 Å². The van der Waals surface area contributed by atoms with Crippen LogP contribution in [-0.2, 0) is 19.3 Å². The van der Waals surface area contributed by atoms with Gasteiger partial charge in [0.05, 0.1) is 0 Å². The second kappa shape index (κ2) is 16.1. The smallest absolute Gasteiger partial charge is 0.0613 e. The number of benzene rings is 3. The Morgan fingerprint density at radius 1 is 0.600 bits per heavy atom. The van der Waals surface area contributed by atoms with Crippen LogP contribution in [-0.4, -0.2) is 6.16 Å². The molecule has 0 saturated heterocycles. The zero-order chi connectivity index (χ0) is 28.0. The number of hydrogen-bond acceptors (Lipinski definition) is 0. The zero-order valence-electron chi connectivity index (χ0n) is 25.6. The molecule has 0 atom stereocenters. The van der Waals surface area contributed by atoms with Crippen molar-refractivity contribution in [2.24, 2.45) is 0 Å². The fourth-order valence-corrected chi connectivity index (χ4v) is 11.9. The minimum atomic E-state index is -2.01. The molecule has 40 heavy (non-hydrogen) atoms. The molecular weight excluding hydrogens is 499 g/mol. The van der Waals surface area contributed by atoms with Crippen molar-refractivity contribution >= 4 is 17.9 Å². The maximum atomic E-state index is 2.56. The van der Waals surface area contributed by atoms with Crippen molar-refractivity contribution in [3.8, 4) is 0 Å². The first-order valence-corrected chi connectivity index (χ1v) is 18.5. The molecule has 1 aliphatic rings. The van der Waals surface area contributed by atoms with Gasteiger partial charge in [-0.05, 0) is 30.9 Å². The first kappa shape index (κ1) is 30.5. The fraction of sp³-hybridized carbons (Fsp3) is 0.436. The molecule has 0 radical (unpaired) electrons. The molecule has 0 unspecified atom stereocenters. The van der Waals surface area contributed by atoms with Crippen LogP contribution in [0.25, 0.3) is 0 Å². The van der Waals surface area contributed by atoms with Gasteiger partial charge in [-0.15, -0.1) is 0 Å². The van der Waals surface area contributed by atoms with Gasteiger partial charge in [0.1, 0.15) is 0 Å². The van der Waals surface area contributed by atoms with Crippen molar-refractivity contribution < 1.29 is 0 Å². The van der Waals surface area contributed by atoms with E-state index >= 15 is 0 Å². The van der Waals surface area contributed by atoms with E-state index in [-0.39, 0.29) is 0 Å². The number of aryl methyl sites for hydroxylation is 4. The monoisotopic (exact) mass is 552 g/mol. The third-order valence-corrected chi connectivity index (χ3v) is 14.3. The summed E-state index contributed by atoms with van der Waals surface area (Å²) in [4.78, 5) is 0. The molecule has 4 rings (SSSR count). The average Bonchev–Trinajstić information content (AvgIpc) is 3.02. The van der Waals surface area contributed by atoms with E-state index in [1.165, 1.54) is 82.4 Å². The predicted octanol–water partition coefficient (Wildman–Crippen LogP) is 10.4. The van der Waals surface area contributed by atoms with Crippen molar-refractivity contribution in [1.82, 2.24) is 0 Å². The Balaban J connectivity index is 1.26. The van der Waals surface area contributed by atoms with E-state index in [0.29, 0.717) is 0 Å². The fourth-order valence-electron chi connectivity index (χ4n) is 6.87. The Hall–Kier alpha value is -2.43. The summed E-state index contributed by atoms with van der Waals surface area (Å²) in [5.74, 6) is 0. The zero-order valence-corrected chi connectivity index (χ0v) is 26.6. The molecule has 0 heterocycles. The molecule has 3 aromatic carbocycles. The Bertz CT molecular complexity index is 1180. The van der Waals surface area contributed by atoms with Gasteiger partial charge in [0.2, 0.25) is 0 Å². The van der Waals surface area contributed by atoms with Crippen LogP contribution in [0, 0.1) is 6.92 Å². The second-order valence-electron chi connectivity index (χ2n) is 11.9. The Morgan fingerprint density at radius 2 is 1.15 bits per heavy atom. The van der Waals surface area contributed by atoms with Crippen LogP contribution in [0.1, 0.15) is 100 Å². The summed E-state index contributed by atoms with van der Waals surface area (Å²) in [5.41, 5.74) is 6.19. The number of unbranched alkanes of at least 4 members (excludes halogenated alkanes) is 7. The van der Waals surface area contributed by atoms with Gasteiger partial charge in [0.15, 0.2) is 0 Å². The number of hydrogen-bond donors (Lipinski definition) is 0. The van der Waals surface area contributed by atoms with Crippen molar-refractivity contribution in [2.75, 3.05) is 6.16 Å². The SMILES string of the molecule is CCc1cc(C)c(CCCCCCCCCC[PH](C2=CCCC=C2)(c2ccccc2)c2ccccc2)cc1CC. The Morgan fingerprint density at radius 3 is 1.70 bits per heavy atom. The van der Waals surface area contributed by atoms with Crippen molar-refractivity contribution in [1.29, 1.82) is 0 Å². The average molecular weight is 553 g/mol. The van der Waals surface area contributed by atoms with Crippen LogP contribution in [0.15, 0.2) is 96.3 Å². The van der Waals surface area contributed by atoms with E-state index in [4.69, 9.17) is 0 Å². The molecule has 3 aromatic rings. The minimum absolute atomic E-state index is 1.15. The summed E-state index contributed by atoms with van der Waals surface area (Å²) in [7, 11) is -2.01. The molecule has 1 heteroatoms. The summed E-state index contributed by atoms with van der Waals surface area (Å²) in [6.45, 7) is 6.88. The maximum absolute atomic E-state index is 2.56. The molecular formula is C39H53P. The molecule has 0 bridgehead atoms. The molecule has 0 fully saturated rings. The minimum Gasteiger partial charge on any atom is -0.0613 e. The quantitative estimate of drug-likeness (QED) is 0.122. The summed E-state index contributed by atoms with van der Waals surface area (Å²) in [5, 5.41) is 4.77. The first-order chi connectivity index (χ1) is 19.7. The van der Waals surface area contributed by atoms with Gasteiger partial charge in [-0.2, -0.15) is 0 Å². The van der Waals surface area contributed by atoms with E-state index in [0.717, 1.165) is 12.8 Å². The molecule has 0 amide bonds.